The van der Waals surface area contributed by atoms with Crippen LogP contribution in [-0.4, -0.2) is 10.1 Å². The number of nitrogens with zero attached hydrogens (tertiary/aromatic N) is 1. The molecule has 0 fully saturated rings. The number of aliphatic hydroxyl groups excluding tert-OH is 1. The first-order chi connectivity index (χ1) is 6.19. The van der Waals surface area contributed by atoms with Crippen molar-refractivity contribution < 1.29 is 5.11 Å². The summed E-state index contributed by atoms with van der Waals surface area (Å²) in [4.78, 5) is 4.30. The lowest BCUT2D eigenvalue weighted by atomic mass is 9.95. The van der Waals surface area contributed by atoms with Crippen molar-refractivity contribution in [3.8, 4) is 0 Å². The average molecular weight is 199 g/mol. The normalized spacial score (nSPS) is 13.6. The van der Waals surface area contributed by atoms with E-state index in [0.29, 0.717) is 5.92 Å². The maximum Gasteiger partial charge on any atom is 0.0996 e. The van der Waals surface area contributed by atoms with Gasteiger partial charge >= 0.3 is 0 Å². The fourth-order valence-corrected chi connectivity index (χ4v) is 2.13. The quantitative estimate of drug-likeness (QED) is 0.808. The van der Waals surface area contributed by atoms with Crippen LogP contribution >= 0.6 is 11.3 Å². The zero-order valence-corrected chi connectivity index (χ0v) is 9.27. The first kappa shape index (κ1) is 10.7. The van der Waals surface area contributed by atoms with Gasteiger partial charge in [0, 0.05) is 5.38 Å². The Kier molecular flexibility index (Phi) is 3.88. The first-order valence-electron chi connectivity index (χ1n) is 4.79. The highest BCUT2D eigenvalue weighted by Gasteiger charge is 2.19. The second-order valence-corrected chi connectivity index (χ2v) is 4.38. The van der Waals surface area contributed by atoms with E-state index in [0.717, 1.165) is 23.5 Å². The number of hydrogen-bond donors (Lipinski definition) is 1. The Morgan fingerprint density at radius 2 is 2.08 bits per heavy atom. The van der Waals surface area contributed by atoms with Gasteiger partial charge in [0.15, 0.2) is 0 Å². The molecular weight excluding hydrogens is 182 g/mol. The minimum atomic E-state index is -0.375. The van der Waals surface area contributed by atoms with Gasteiger partial charge < -0.3 is 5.11 Å². The fraction of sp³-hybridized carbons (Fsp3) is 0.700. The van der Waals surface area contributed by atoms with Crippen LogP contribution in [0.25, 0.3) is 0 Å². The Bertz CT molecular complexity index is 255. The SMILES string of the molecule is CCC(CC)C(O)c1csc(C)n1. The number of aryl methyl sites for hydroxylation is 1. The molecule has 0 spiro atoms. The summed E-state index contributed by atoms with van der Waals surface area (Å²) in [6.45, 7) is 6.18. The van der Waals surface area contributed by atoms with E-state index in [1.807, 2.05) is 12.3 Å². The van der Waals surface area contributed by atoms with Crippen LogP contribution in [0.4, 0.5) is 0 Å². The summed E-state index contributed by atoms with van der Waals surface area (Å²) < 4.78 is 0. The largest absolute Gasteiger partial charge is 0.386 e. The topological polar surface area (TPSA) is 33.1 Å². The van der Waals surface area contributed by atoms with Crippen molar-refractivity contribution >= 4 is 11.3 Å². The molecule has 0 bridgehead atoms. The van der Waals surface area contributed by atoms with Crippen molar-refractivity contribution in [3.63, 3.8) is 0 Å². The van der Waals surface area contributed by atoms with E-state index in [4.69, 9.17) is 0 Å². The highest BCUT2D eigenvalue weighted by Crippen LogP contribution is 2.27. The monoisotopic (exact) mass is 199 g/mol. The number of aromatic nitrogens is 1. The lowest BCUT2D eigenvalue weighted by molar-refractivity contribution is 0.0996. The Labute approximate surface area is 83.6 Å². The second kappa shape index (κ2) is 4.72. The third-order valence-electron chi connectivity index (χ3n) is 2.44. The van der Waals surface area contributed by atoms with Crippen molar-refractivity contribution in [2.24, 2.45) is 5.92 Å². The van der Waals surface area contributed by atoms with Crippen molar-refractivity contribution in [2.75, 3.05) is 0 Å². The standard InChI is InChI=1S/C10H17NOS/c1-4-8(5-2)10(12)9-6-13-7(3)11-9/h6,8,10,12H,4-5H2,1-3H3. The van der Waals surface area contributed by atoms with E-state index < -0.39 is 0 Å². The smallest absolute Gasteiger partial charge is 0.0996 e. The third kappa shape index (κ3) is 2.51. The number of rotatable bonds is 4. The molecule has 0 saturated heterocycles. The lowest BCUT2D eigenvalue weighted by Gasteiger charge is -2.17. The van der Waals surface area contributed by atoms with Gasteiger partial charge in [0.25, 0.3) is 0 Å². The molecule has 0 saturated carbocycles. The molecule has 0 aliphatic carbocycles. The first-order valence-corrected chi connectivity index (χ1v) is 5.67. The van der Waals surface area contributed by atoms with Crippen molar-refractivity contribution in [2.45, 2.75) is 39.7 Å². The zero-order chi connectivity index (χ0) is 9.84. The van der Waals surface area contributed by atoms with E-state index in [1.54, 1.807) is 11.3 Å². The summed E-state index contributed by atoms with van der Waals surface area (Å²) in [6.07, 6.45) is 1.64. The molecule has 1 aromatic heterocycles. The van der Waals surface area contributed by atoms with E-state index in [-0.39, 0.29) is 6.10 Å². The molecule has 0 aliphatic rings. The van der Waals surface area contributed by atoms with E-state index in [2.05, 4.69) is 18.8 Å². The minimum absolute atomic E-state index is 0.349. The molecule has 1 N–H and O–H groups in total. The van der Waals surface area contributed by atoms with Crippen LogP contribution < -0.4 is 0 Å². The zero-order valence-electron chi connectivity index (χ0n) is 8.45. The molecule has 2 nitrogen and oxygen atoms in total. The molecule has 74 valence electrons. The lowest BCUT2D eigenvalue weighted by Crippen LogP contribution is -2.11. The molecular formula is C10H17NOS. The summed E-state index contributed by atoms with van der Waals surface area (Å²) >= 11 is 1.60. The van der Waals surface area contributed by atoms with E-state index >= 15 is 0 Å². The third-order valence-corrected chi connectivity index (χ3v) is 3.23. The average Bonchev–Trinajstić information content (AvgIpc) is 2.54. The Hall–Kier alpha value is -0.410. The maximum absolute atomic E-state index is 9.94. The summed E-state index contributed by atoms with van der Waals surface area (Å²) in [5, 5.41) is 12.9. The Balaban J connectivity index is 2.71. The van der Waals surface area contributed by atoms with Gasteiger partial charge in [0.05, 0.1) is 16.8 Å². The van der Waals surface area contributed by atoms with Gasteiger partial charge in [-0.25, -0.2) is 4.98 Å². The highest BCUT2D eigenvalue weighted by atomic mass is 32.1. The second-order valence-electron chi connectivity index (χ2n) is 3.31. The number of aliphatic hydroxyl groups is 1. The Morgan fingerprint density at radius 1 is 1.46 bits per heavy atom. The van der Waals surface area contributed by atoms with Gasteiger partial charge in [-0.15, -0.1) is 11.3 Å². The summed E-state index contributed by atoms with van der Waals surface area (Å²) in [5.41, 5.74) is 0.844. The van der Waals surface area contributed by atoms with E-state index in [9.17, 15) is 5.11 Å². The molecule has 3 heteroatoms. The molecule has 1 atom stereocenters. The molecule has 1 rings (SSSR count). The van der Waals surface area contributed by atoms with Crippen molar-refractivity contribution in [1.82, 2.24) is 4.98 Å². The van der Waals surface area contributed by atoms with Crippen LogP contribution in [0.2, 0.25) is 0 Å². The van der Waals surface area contributed by atoms with Gasteiger partial charge in [0.2, 0.25) is 0 Å². The van der Waals surface area contributed by atoms with Gasteiger partial charge in [-0.2, -0.15) is 0 Å². The summed E-state index contributed by atoms with van der Waals surface area (Å²) in [6, 6.07) is 0. The minimum Gasteiger partial charge on any atom is -0.386 e. The fourth-order valence-electron chi connectivity index (χ4n) is 1.49. The molecule has 0 radical (unpaired) electrons. The van der Waals surface area contributed by atoms with Gasteiger partial charge in [0.1, 0.15) is 0 Å². The molecule has 1 heterocycles. The highest BCUT2D eigenvalue weighted by molar-refractivity contribution is 7.09. The van der Waals surface area contributed by atoms with E-state index in [1.165, 1.54) is 0 Å². The van der Waals surface area contributed by atoms with Gasteiger partial charge in [-0.05, 0) is 12.8 Å². The predicted molar refractivity (Wildman–Crippen MR) is 55.9 cm³/mol. The van der Waals surface area contributed by atoms with Gasteiger partial charge in [-0.1, -0.05) is 26.7 Å². The van der Waals surface area contributed by atoms with Crippen LogP contribution in [0.15, 0.2) is 5.38 Å². The maximum atomic E-state index is 9.94. The molecule has 13 heavy (non-hydrogen) atoms. The summed E-state index contributed by atoms with van der Waals surface area (Å²) in [5.74, 6) is 0.349. The molecule has 1 unspecified atom stereocenters. The molecule has 0 aromatic carbocycles. The number of hydrogen-bond acceptors (Lipinski definition) is 3. The molecule has 0 amide bonds. The summed E-state index contributed by atoms with van der Waals surface area (Å²) in [7, 11) is 0. The van der Waals surface area contributed by atoms with Crippen LogP contribution in [0, 0.1) is 12.8 Å². The Morgan fingerprint density at radius 3 is 2.46 bits per heavy atom. The van der Waals surface area contributed by atoms with Crippen LogP contribution in [-0.2, 0) is 0 Å². The van der Waals surface area contributed by atoms with Gasteiger partial charge in [-0.3, -0.25) is 0 Å². The predicted octanol–water partition coefficient (Wildman–Crippen LogP) is 2.92. The molecule has 0 aliphatic heterocycles. The number of thiazole rings is 1. The van der Waals surface area contributed by atoms with Crippen molar-refractivity contribution in [1.29, 1.82) is 0 Å². The van der Waals surface area contributed by atoms with Crippen LogP contribution in [0.5, 0.6) is 0 Å². The van der Waals surface area contributed by atoms with Crippen LogP contribution in [0.3, 0.4) is 0 Å². The molecule has 1 aromatic rings. The van der Waals surface area contributed by atoms with Crippen LogP contribution in [0.1, 0.15) is 43.5 Å². The van der Waals surface area contributed by atoms with Crippen molar-refractivity contribution in [3.05, 3.63) is 16.1 Å².